The number of anilines is 1. The van der Waals surface area contributed by atoms with Crippen LogP contribution in [0.15, 0.2) is 41.0 Å². The zero-order chi connectivity index (χ0) is 13.7. The van der Waals surface area contributed by atoms with Crippen LogP contribution in [0.5, 0.6) is 0 Å². The second-order valence-electron chi connectivity index (χ2n) is 4.85. The second-order valence-corrected chi connectivity index (χ2v) is 4.85. The average Bonchev–Trinajstić information content (AvgIpc) is 2.89. The maximum Gasteiger partial charge on any atom is 0.123 e. The van der Waals surface area contributed by atoms with E-state index in [4.69, 9.17) is 4.42 Å². The van der Waals surface area contributed by atoms with Crippen LogP contribution in [0.2, 0.25) is 0 Å². The summed E-state index contributed by atoms with van der Waals surface area (Å²) >= 11 is 0. The van der Waals surface area contributed by atoms with Gasteiger partial charge in [-0.2, -0.15) is 0 Å². The highest BCUT2D eigenvalue weighted by molar-refractivity contribution is 5.54. The van der Waals surface area contributed by atoms with E-state index in [1.807, 2.05) is 12.1 Å². The molecule has 3 nitrogen and oxygen atoms in total. The molecule has 19 heavy (non-hydrogen) atoms. The van der Waals surface area contributed by atoms with Gasteiger partial charge in [-0.05, 0) is 37.2 Å². The van der Waals surface area contributed by atoms with E-state index in [0.29, 0.717) is 0 Å². The van der Waals surface area contributed by atoms with Gasteiger partial charge < -0.3 is 14.6 Å². The molecule has 0 unspecified atom stereocenters. The van der Waals surface area contributed by atoms with Gasteiger partial charge in [-0.3, -0.25) is 0 Å². The molecule has 0 aliphatic rings. The molecule has 0 radical (unpaired) electrons. The molecule has 1 heterocycles. The van der Waals surface area contributed by atoms with Gasteiger partial charge in [0.2, 0.25) is 0 Å². The molecular formula is C16H22N2O. The van der Waals surface area contributed by atoms with E-state index in [0.717, 1.165) is 25.4 Å². The zero-order valence-electron chi connectivity index (χ0n) is 11.9. The van der Waals surface area contributed by atoms with E-state index < -0.39 is 0 Å². The van der Waals surface area contributed by atoms with Crippen LogP contribution in [0.25, 0.3) is 0 Å². The van der Waals surface area contributed by atoms with Crippen LogP contribution in [-0.2, 0) is 13.1 Å². The quantitative estimate of drug-likeness (QED) is 0.861. The number of furan rings is 1. The first-order chi connectivity index (χ1) is 9.20. The number of nitrogens with zero attached hydrogens (tertiary/aromatic N) is 1. The van der Waals surface area contributed by atoms with E-state index in [1.165, 1.54) is 16.8 Å². The maximum atomic E-state index is 5.41. The summed E-state index contributed by atoms with van der Waals surface area (Å²) in [6.45, 7) is 6.92. The number of hydrogen-bond acceptors (Lipinski definition) is 3. The van der Waals surface area contributed by atoms with Gasteiger partial charge in [0.25, 0.3) is 0 Å². The zero-order valence-corrected chi connectivity index (χ0v) is 11.9. The van der Waals surface area contributed by atoms with Crippen molar-refractivity contribution in [3.05, 3.63) is 53.5 Å². The Morgan fingerprint density at radius 3 is 2.79 bits per heavy atom. The summed E-state index contributed by atoms with van der Waals surface area (Å²) in [7, 11) is 2.10. The fraction of sp³-hybridized carbons (Fsp3) is 0.375. The fourth-order valence-electron chi connectivity index (χ4n) is 2.21. The van der Waals surface area contributed by atoms with Crippen molar-refractivity contribution in [2.24, 2.45) is 0 Å². The van der Waals surface area contributed by atoms with Gasteiger partial charge in [0.05, 0.1) is 12.8 Å². The molecule has 1 N–H and O–H groups in total. The molecule has 1 aromatic heterocycles. The molecule has 0 saturated heterocycles. The van der Waals surface area contributed by atoms with E-state index in [-0.39, 0.29) is 0 Å². The number of hydrogen-bond donors (Lipinski definition) is 1. The minimum Gasteiger partial charge on any atom is -0.467 e. The first kappa shape index (κ1) is 13.7. The van der Waals surface area contributed by atoms with Gasteiger partial charge in [-0.1, -0.05) is 24.6 Å². The minimum atomic E-state index is 0.787. The standard InChI is InChI=1S/C16H22N2O/c1-4-17-11-14-10-13(2)7-8-16(14)18(3)12-15-6-5-9-19-15/h5-10,17H,4,11-12H2,1-3H3. The van der Waals surface area contributed by atoms with Crippen LogP contribution < -0.4 is 10.2 Å². The van der Waals surface area contributed by atoms with E-state index in [1.54, 1.807) is 6.26 Å². The Bertz CT molecular complexity index is 505. The summed E-state index contributed by atoms with van der Waals surface area (Å²) in [4.78, 5) is 2.23. The van der Waals surface area contributed by atoms with Crippen LogP contribution >= 0.6 is 0 Å². The van der Waals surface area contributed by atoms with Crippen LogP contribution in [0.1, 0.15) is 23.8 Å². The number of aryl methyl sites for hydroxylation is 1. The van der Waals surface area contributed by atoms with Crippen LogP contribution in [0, 0.1) is 6.92 Å². The Morgan fingerprint density at radius 2 is 2.11 bits per heavy atom. The predicted molar refractivity (Wildman–Crippen MR) is 79.4 cm³/mol. The van der Waals surface area contributed by atoms with E-state index in [2.05, 4.69) is 49.3 Å². The van der Waals surface area contributed by atoms with Gasteiger partial charge >= 0.3 is 0 Å². The summed E-state index contributed by atoms with van der Waals surface area (Å²) in [5.41, 5.74) is 3.88. The molecule has 2 rings (SSSR count). The first-order valence-electron chi connectivity index (χ1n) is 6.74. The largest absolute Gasteiger partial charge is 0.467 e. The highest BCUT2D eigenvalue weighted by Gasteiger charge is 2.09. The predicted octanol–water partition coefficient (Wildman–Crippen LogP) is 3.33. The van der Waals surface area contributed by atoms with Gasteiger partial charge in [-0.25, -0.2) is 0 Å². The molecule has 0 amide bonds. The third kappa shape index (κ3) is 3.61. The van der Waals surface area contributed by atoms with Gasteiger partial charge in [-0.15, -0.1) is 0 Å². The minimum absolute atomic E-state index is 0.787. The lowest BCUT2D eigenvalue weighted by Crippen LogP contribution is -2.20. The molecular weight excluding hydrogens is 236 g/mol. The molecule has 0 spiro atoms. The SMILES string of the molecule is CCNCc1cc(C)ccc1N(C)Cc1ccco1. The maximum absolute atomic E-state index is 5.41. The molecule has 0 aliphatic heterocycles. The Morgan fingerprint density at radius 1 is 1.26 bits per heavy atom. The molecule has 0 bridgehead atoms. The summed E-state index contributed by atoms with van der Waals surface area (Å²) in [5.74, 6) is 0.984. The monoisotopic (exact) mass is 258 g/mol. The highest BCUT2D eigenvalue weighted by Crippen LogP contribution is 2.22. The van der Waals surface area contributed by atoms with Crippen LogP contribution in [0.3, 0.4) is 0 Å². The molecule has 0 saturated carbocycles. The normalized spacial score (nSPS) is 10.7. The highest BCUT2D eigenvalue weighted by atomic mass is 16.3. The van der Waals surface area contributed by atoms with Gasteiger partial charge in [0.1, 0.15) is 5.76 Å². The van der Waals surface area contributed by atoms with Crippen LogP contribution in [-0.4, -0.2) is 13.6 Å². The lowest BCUT2D eigenvalue weighted by Gasteiger charge is -2.22. The summed E-state index contributed by atoms with van der Waals surface area (Å²) in [6, 6.07) is 10.5. The van der Waals surface area contributed by atoms with Crippen molar-refractivity contribution in [3.8, 4) is 0 Å². The Labute approximate surface area is 115 Å². The van der Waals surface area contributed by atoms with Gasteiger partial charge in [0.15, 0.2) is 0 Å². The number of nitrogens with one attached hydrogen (secondary N) is 1. The fourth-order valence-corrected chi connectivity index (χ4v) is 2.21. The van der Waals surface area contributed by atoms with Crippen molar-refractivity contribution >= 4 is 5.69 Å². The lowest BCUT2D eigenvalue weighted by molar-refractivity contribution is 0.507. The average molecular weight is 258 g/mol. The van der Waals surface area contributed by atoms with Crippen molar-refractivity contribution in [1.29, 1.82) is 0 Å². The lowest BCUT2D eigenvalue weighted by atomic mass is 10.1. The first-order valence-corrected chi connectivity index (χ1v) is 6.74. The van der Waals surface area contributed by atoms with Crippen molar-refractivity contribution in [1.82, 2.24) is 5.32 Å². The molecule has 0 fully saturated rings. The van der Waals surface area contributed by atoms with Crippen molar-refractivity contribution < 1.29 is 4.42 Å². The second kappa shape index (κ2) is 6.43. The third-order valence-corrected chi connectivity index (χ3v) is 3.18. The summed E-state index contributed by atoms with van der Waals surface area (Å²) in [6.07, 6.45) is 1.72. The molecule has 102 valence electrons. The Balaban J connectivity index is 2.17. The van der Waals surface area contributed by atoms with Gasteiger partial charge in [0, 0.05) is 19.3 Å². The molecule has 1 aromatic carbocycles. The van der Waals surface area contributed by atoms with E-state index >= 15 is 0 Å². The smallest absolute Gasteiger partial charge is 0.123 e. The Hall–Kier alpha value is -1.74. The number of benzene rings is 1. The van der Waals surface area contributed by atoms with Crippen LogP contribution in [0.4, 0.5) is 5.69 Å². The third-order valence-electron chi connectivity index (χ3n) is 3.18. The van der Waals surface area contributed by atoms with E-state index in [9.17, 15) is 0 Å². The summed E-state index contributed by atoms with van der Waals surface area (Å²) in [5, 5.41) is 3.40. The van der Waals surface area contributed by atoms with Crippen molar-refractivity contribution in [2.75, 3.05) is 18.5 Å². The number of rotatable bonds is 6. The molecule has 2 aromatic rings. The molecule has 0 aliphatic carbocycles. The Kier molecular flexibility index (Phi) is 4.63. The topological polar surface area (TPSA) is 28.4 Å². The van der Waals surface area contributed by atoms with Crippen molar-refractivity contribution in [3.63, 3.8) is 0 Å². The molecule has 3 heteroatoms. The van der Waals surface area contributed by atoms with Crippen molar-refractivity contribution in [2.45, 2.75) is 26.9 Å². The molecule has 0 atom stereocenters. The summed E-state index contributed by atoms with van der Waals surface area (Å²) < 4.78 is 5.41.